The Morgan fingerprint density at radius 3 is 2.28 bits per heavy atom. The SMILES string of the molecule is C=C(C)C(=O)OC1(C2CCCO2)c2ccccc2Sc2ccccc21. The Balaban J connectivity index is 1.98. The highest BCUT2D eigenvalue weighted by Crippen LogP contribution is 2.53. The third-order valence-electron chi connectivity index (χ3n) is 4.78. The van der Waals surface area contributed by atoms with Crippen LogP contribution in [0.1, 0.15) is 30.9 Å². The summed E-state index contributed by atoms with van der Waals surface area (Å²) < 4.78 is 12.3. The first-order valence-electron chi connectivity index (χ1n) is 8.50. The Labute approximate surface area is 152 Å². The van der Waals surface area contributed by atoms with E-state index in [1.165, 1.54) is 0 Å². The van der Waals surface area contributed by atoms with Crippen molar-refractivity contribution in [1.29, 1.82) is 0 Å². The Bertz CT molecular complexity index is 791. The fraction of sp³-hybridized carbons (Fsp3) is 0.286. The number of benzene rings is 2. The van der Waals surface area contributed by atoms with E-state index >= 15 is 0 Å². The average molecular weight is 352 g/mol. The molecular formula is C21H20O3S. The molecule has 1 fully saturated rings. The number of ether oxygens (including phenoxy) is 2. The molecule has 128 valence electrons. The zero-order valence-corrected chi connectivity index (χ0v) is 15.0. The monoisotopic (exact) mass is 352 g/mol. The predicted octanol–water partition coefficient (Wildman–Crippen LogP) is 4.69. The molecule has 2 aromatic carbocycles. The Hall–Kier alpha value is -2.04. The summed E-state index contributed by atoms with van der Waals surface area (Å²) in [5, 5.41) is 0. The van der Waals surface area contributed by atoms with Gasteiger partial charge in [0.25, 0.3) is 0 Å². The van der Waals surface area contributed by atoms with E-state index in [1.807, 2.05) is 36.4 Å². The first kappa shape index (κ1) is 16.4. The van der Waals surface area contributed by atoms with E-state index in [4.69, 9.17) is 9.47 Å². The molecule has 0 aliphatic carbocycles. The molecule has 2 heterocycles. The molecule has 1 saturated heterocycles. The summed E-state index contributed by atoms with van der Waals surface area (Å²) in [5.74, 6) is -0.382. The molecule has 4 rings (SSSR count). The summed E-state index contributed by atoms with van der Waals surface area (Å²) in [6.07, 6.45) is 1.63. The molecule has 1 unspecified atom stereocenters. The van der Waals surface area contributed by atoms with Gasteiger partial charge in [0.15, 0.2) is 5.60 Å². The van der Waals surface area contributed by atoms with Crippen LogP contribution in [0, 0.1) is 0 Å². The molecule has 0 spiro atoms. The van der Waals surface area contributed by atoms with Gasteiger partial charge in [-0.05, 0) is 31.9 Å². The maximum absolute atomic E-state index is 12.6. The highest BCUT2D eigenvalue weighted by Gasteiger charge is 2.52. The van der Waals surface area contributed by atoms with Crippen LogP contribution in [0.5, 0.6) is 0 Å². The van der Waals surface area contributed by atoms with Crippen LogP contribution in [-0.2, 0) is 19.9 Å². The second-order valence-corrected chi connectivity index (χ2v) is 7.59. The van der Waals surface area contributed by atoms with Gasteiger partial charge in [0, 0.05) is 33.1 Å². The molecule has 0 N–H and O–H groups in total. The van der Waals surface area contributed by atoms with Crippen molar-refractivity contribution < 1.29 is 14.3 Å². The first-order valence-corrected chi connectivity index (χ1v) is 9.32. The van der Waals surface area contributed by atoms with Gasteiger partial charge in [0.2, 0.25) is 0 Å². The molecule has 3 nitrogen and oxygen atoms in total. The topological polar surface area (TPSA) is 35.5 Å². The normalized spacial score (nSPS) is 20.4. The largest absolute Gasteiger partial charge is 0.443 e. The first-order chi connectivity index (χ1) is 12.1. The van der Waals surface area contributed by atoms with Crippen LogP contribution in [0.2, 0.25) is 0 Å². The molecule has 0 aromatic heterocycles. The zero-order valence-electron chi connectivity index (χ0n) is 14.2. The van der Waals surface area contributed by atoms with Crippen molar-refractivity contribution in [3.8, 4) is 0 Å². The molecule has 2 aliphatic heterocycles. The third-order valence-corrected chi connectivity index (χ3v) is 5.93. The number of hydrogen-bond acceptors (Lipinski definition) is 4. The second-order valence-electron chi connectivity index (χ2n) is 6.50. The van der Waals surface area contributed by atoms with Crippen LogP contribution < -0.4 is 0 Å². The zero-order chi connectivity index (χ0) is 17.4. The van der Waals surface area contributed by atoms with Gasteiger partial charge >= 0.3 is 5.97 Å². The Morgan fingerprint density at radius 2 is 1.76 bits per heavy atom. The van der Waals surface area contributed by atoms with E-state index in [0.717, 1.165) is 33.8 Å². The van der Waals surface area contributed by atoms with Gasteiger partial charge in [-0.3, -0.25) is 0 Å². The number of hydrogen-bond donors (Lipinski definition) is 0. The van der Waals surface area contributed by atoms with Gasteiger partial charge in [-0.15, -0.1) is 0 Å². The fourth-order valence-corrected chi connectivity index (χ4v) is 4.83. The molecule has 4 heteroatoms. The number of esters is 1. The smallest absolute Gasteiger partial charge is 0.334 e. The minimum atomic E-state index is -0.926. The molecule has 0 radical (unpaired) electrons. The van der Waals surface area contributed by atoms with Crippen molar-refractivity contribution >= 4 is 17.7 Å². The molecule has 0 saturated carbocycles. The standard InChI is InChI=1S/C21H20O3S/c1-14(2)20(22)24-21(19-12-7-13-23-19)15-8-3-5-10-17(15)25-18-11-6-4-9-16(18)21/h3-6,8-11,19H,1,7,12-13H2,2H3. The summed E-state index contributed by atoms with van der Waals surface area (Å²) in [5.41, 5.74) is 1.47. The summed E-state index contributed by atoms with van der Waals surface area (Å²) in [6.45, 7) is 6.14. The van der Waals surface area contributed by atoms with Crippen molar-refractivity contribution in [2.75, 3.05) is 6.61 Å². The summed E-state index contributed by atoms with van der Waals surface area (Å²) in [7, 11) is 0. The van der Waals surface area contributed by atoms with Gasteiger partial charge in [0.05, 0.1) is 0 Å². The number of carbonyl (C=O) groups is 1. The summed E-state index contributed by atoms with van der Waals surface area (Å²) in [6, 6.07) is 16.3. The molecule has 0 bridgehead atoms. The third kappa shape index (κ3) is 2.60. The Morgan fingerprint density at radius 1 is 1.16 bits per heavy atom. The van der Waals surface area contributed by atoms with Gasteiger partial charge in [-0.25, -0.2) is 4.79 Å². The molecule has 0 amide bonds. The van der Waals surface area contributed by atoms with Crippen LogP contribution in [0.15, 0.2) is 70.5 Å². The molecule has 2 aromatic rings. The second kappa shape index (κ2) is 6.36. The van der Waals surface area contributed by atoms with Crippen molar-refractivity contribution in [3.63, 3.8) is 0 Å². The quantitative estimate of drug-likeness (QED) is 0.593. The highest BCUT2D eigenvalue weighted by molar-refractivity contribution is 7.99. The Kier molecular flexibility index (Phi) is 4.18. The van der Waals surface area contributed by atoms with E-state index in [0.29, 0.717) is 12.2 Å². The summed E-state index contributed by atoms with van der Waals surface area (Å²) >= 11 is 1.71. The van der Waals surface area contributed by atoms with Gasteiger partial charge < -0.3 is 9.47 Å². The van der Waals surface area contributed by atoms with E-state index in [1.54, 1.807) is 18.7 Å². The van der Waals surface area contributed by atoms with Crippen LogP contribution in [0.3, 0.4) is 0 Å². The van der Waals surface area contributed by atoms with E-state index in [2.05, 4.69) is 18.7 Å². The minimum Gasteiger partial charge on any atom is -0.443 e. The lowest BCUT2D eigenvalue weighted by Crippen LogP contribution is -2.46. The van der Waals surface area contributed by atoms with Crippen LogP contribution in [-0.4, -0.2) is 18.7 Å². The van der Waals surface area contributed by atoms with E-state index < -0.39 is 5.60 Å². The maximum atomic E-state index is 12.6. The fourth-order valence-electron chi connectivity index (χ4n) is 3.64. The molecular weight excluding hydrogens is 332 g/mol. The van der Waals surface area contributed by atoms with Crippen molar-refractivity contribution in [2.24, 2.45) is 0 Å². The minimum absolute atomic E-state index is 0.195. The molecule has 2 aliphatic rings. The highest BCUT2D eigenvalue weighted by atomic mass is 32.2. The number of carbonyl (C=O) groups excluding carboxylic acids is 1. The maximum Gasteiger partial charge on any atom is 0.334 e. The van der Waals surface area contributed by atoms with Crippen molar-refractivity contribution in [3.05, 3.63) is 71.8 Å². The van der Waals surface area contributed by atoms with E-state index in [-0.39, 0.29) is 12.1 Å². The van der Waals surface area contributed by atoms with Gasteiger partial charge in [-0.2, -0.15) is 0 Å². The van der Waals surface area contributed by atoms with Crippen LogP contribution >= 0.6 is 11.8 Å². The van der Waals surface area contributed by atoms with Gasteiger partial charge in [0.1, 0.15) is 6.10 Å². The number of rotatable bonds is 3. The van der Waals surface area contributed by atoms with Crippen LogP contribution in [0.4, 0.5) is 0 Å². The van der Waals surface area contributed by atoms with Gasteiger partial charge in [-0.1, -0.05) is 54.7 Å². The van der Waals surface area contributed by atoms with Crippen LogP contribution in [0.25, 0.3) is 0 Å². The number of fused-ring (bicyclic) bond motifs is 2. The van der Waals surface area contributed by atoms with E-state index in [9.17, 15) is 4.79 Å². The predicted molar refractivity (Wildman–Crippen MR) is 97.7 cm³/mol. The molecule has 1 atom stereocenters. The molecule has 25 heavy (non-hydrogen) atoms. The average Bonchev–Trinajstić information content (AvgIpc) is 3.16. The van der Waals surface area contributed by atoms with Crippen molar-refractivity contribution in [1.82, 2.24) is 0 Å². The lowest BCUT2D eigenvalue weighted by atomic mass is 9.79. The summed E-state index contributed by atoms with van der Waals surface area (Å²) in [4.78, 5) is 14.8. The lowest BCUT2D eigenvalue weighted by molar-refractivity contribution is -0.165. The lowest BCUT2D eigenvalue weighted by Gasteiger charge is -2.43. The van der Waals surface area contributed by atoms with Crippen molar-refractivity contribution in [2.45, 2.75) is 41.3 Å².